The first-order chi connectivity index (χ1) is 14.7. The Morgan fingerprint density at radius 1 is 1.17 bits per heavy atom. The Morgan fingerprint density at radius 3 is 2.87 bits per heavy atom. The number of carbonyl (C=O) groups excluding carboxylic acids is 1. The van der Waals surface area contributed by atoms with Crippen molar-refractivity contribution in [1.82, 2.24) is 19.4 Å². The predicted octanol–water partition coefficient (Wildman–Crippen LogP) is 4.00. The summed E-state index contributed by atoms with van der Waals surface area (Å²) in [4.78, 5) is 24.0. The van der Waals surface area contributed by atoms with Gasteiger partial charge in [0.2, 0.25) is 5.91 Å². The second kappa shape index (κ2) is 9.57. The minimum Gasteiger partial charge on any atom is -0.493 e. The van der Waals surface area contributed by atoms with Gasteiger partial charge in [0.15, 0.2) is 0 Å². The third-order valence-corrected chi connectivity index (χ3v) is 5.56. The van der Waals surface area contributed by atoms with Crippen molar-refractivity contribution in [2.24, 2.45) is 0 Å². The van der Waals surface area contributed by atoms with E-state index in [9.17, 15) is 4.79 Å². The summed E-state index contributed by atoms with van der Waals surface area (Å²) in [6, 6.07) is 15.8. The van der Waals surface area contributed by atoms with Crippen LogP contribution in [0, 0.1) is 0 Å². The van der Waals surface area contributed by atoms with E-state index in [0.29, 0.717) is 19.6 Å². The molecule has 156 valence electrons. The first-order valence-corrected chi connectivity index (χ1v) is 10.7. The fraction of sp³-hybridized carbons (Fsp3) is 0.375. The second-order valence-electron chi connectivity index (χ2n) is 7.58. The van der Waals surface area contributed by atoms with Crippen LogP contribution in [0.5, 0.6) is 5.75 Å². The molecule has 1 aliphatic heterocycles. The van der Waals surface area contributed by atoms with E-state index in [4.69, 9.17) is 9.72 Å². The van der Waals surface area contributed by atoms with Crippen molar-refractivity contribution in [2.45, 2.75) is 38.5 Å². The lowest BCUT2D eigenvalue weighted by molar-refractivity contribution is -0.132. The van der Waals surface area contributed by atoms with E-state index in [1.807, 2.05) is 64.3 Å². The zero-order chi connectivity index (χ0) is 20.8. The zero-order valence-electron chi connectivity index (χ0n) is 17.4. The minimum atomic E-state index is 0.148. The highest BCUT2D eigenvalue weighted by molar-refractivity contribution is 5.76. The summed E-state index contributed by atoms with van der Waals surface area (Å²) in [5, 5.41) is 0. The summed E-state index contributed by atoms with van der Waals surface area (Å²) < 4.78 is 7.73. The highest BCUT2D eigenvalue weighted by atomic mass is 16.5. The van der Waals surface area contributed by atoms with Crippen molar-refractivity contribution in [3.8, 4) is 11.6 Å². The number of pyridine rings is 1. The van der Waals surface area contributed by atoms with Gasteiger partial charge in [0.25, 0.3) is 0 Å². The normalized spacial score (nSPS) is 16.4. The summed E-state index contributed by atoms with van der Waals surface area (Å²) in [5.74, 6) is 3.09. The number of nitrogens with zero attached hydrogens (tertiary/aromatic N) is 4. The first-order valence-electron chi connectivity index (χ1n) is 10.7. The van der Waals surface area contributed by atoms with Gasteiger partial charge in [-0.3, -0.25) is 9.36 Å². The Balaban J connectivity index is 1.38. The Bertz CT molecular complexity index is 970. The molecule has 1 amide bonds. The molecule has 1 aromatic carbocycles. The summed E-state index contributed by atoms with van der Waals surface area (Å²) in [7, 11) is 0. The van der Waals surface area contributed by atoms with Gasteiger partial charge in [-0.15, -0.1) is 0 Å². The summed E-state index contributed by atoms with van der Waals surface area (Å²) in [5.41, 5.74) is 1.04. The third-order valence-electron chi connectivity index (χ3n) is 5.56. The van der Waals surface area contributed by atoms with Gasteiger partial charge in [-0.2, -0.15) is 0 Å². The SMILES string of the molecule is CCc1nccn1-c1cccc([C@@H]2CCCN(C(=O)CCOc3ccccc3)C2)n1. The number of aryl methyl sites for hydroxylation is 1. The number of hydrogen-bond donors (Lipinski definition) is 0. The van der Waals surface area contributed by atoms with Gasteiger partial charge in [0.05, 0.1) is 13.0 Å². The second-order valence-corrected chi connectivity index (χ2v) is 7.58. The molecule has 1 aliphatic rings. The number of amides is 1. The highest BCUT2D eigenvalue weighted by Crippen LogP contribution is 2.27. The quantitative estimate of drug-likeness (QED) is 0.597. The molecule has 1 fully saturated rings. The lowest BCUT2D eigenvalue weighted by atomic mass is 9.94. The molecule has 0 aliphatic carbocycles. The molecule has 0 saturated carbocycles. The highest BCUT2D eigenvalue weighted by Gasteiger charge is 2.25. The number of carbonyl (C=O) groups is 1. The summed E-state index contributed by atoms with van der Waals surface area (Å²) in [6.45, 7) is 4.01. The Labute approximate surface area is 177 Å². The van der Waals surface area contributed by atoms with Gasteiger partial charge < -0.3 is 9.64 Å². The zero-order valence-corrected chi connectivity index (χ0v) is 17.4. The topological polar surface area (TPSA) is 60.2 Å². The average molecular weight is 405 g/mol. The molecular formula is C24H28N4O2. The van der Waals surface area contributed by atoms with E-state index in [2.05, 4.69) is 18.0 Å². The molecule has 0 N–H and O–H groups in total. The van der Waals surface area contributed by atoms with Gasteiger partial charge in [-0.25, -0.2) is 9.97 Å². The maximum absolute atomic E-state index is 12.7. The number of aromatic nitrogens is 3. The van der Waals surface area contributed by atoms with E-state index in [0.717, 1.165) is 48.9 Å². The van der Waals surface area contributed by atoms with Gasteiger partial charge in [0, 0.05) is 43.5 Å². The smallest absolute Gasteiger partial charge is 0.226 e. The summed E-state index contributed by atoms with van der Waals surface area (Å²) >= 11 is 0. The number of rotatable bonds is 7. The minimum absolute atomic E-state index is 0.148. The maximum atomic E-state index is 12.7. The average Bonchev–Trinajstić information content (AvgIpc) is 3.29. The van der Waals surface area contributed by atoms with Crippen LogP contribution in [-0.2, 0) is 11.2 Å². The van der Waals surface area contributed by atoms with Crippen molar-refractivity contribution in [1.29, 1.82) is 0 Å². The molecule has 0 radical (unpaired) electrons. The molecule has 3 aromatic rings. The molecule has 2 aromatic heterocycles. The number of para-hydroxylation sites is 1. The van der Waals surface area contributed by atoms with Crippen LogP contribution in [0.3, 0.4) is 0 Å². The fourth-order valence-electron chi connectivity index (χ4n) is 3.98. The fourth-order valence-corrected chi connectivity index (χ4v) is 3.98. The molecule has 0 unspecified atom stereocenters. The largest absolute Gasteiger partial charge is 0.493 e. The monoisotopic (exact) mass is 404 g/mol. The maximum Gasteiger partial charge on any atom is 0.226 e. The van der Waals surface area contributed by atoms with Crippen molar-refractivity contribution in [3.05, 3.63) is 72.4 Å². The van der Waals surface area contributed by atoms with Gasteiger partial charge in [0.1, 0.15) is 17.4 Å². The molecule has 0 spiro atoms. The molecular weight excluding hydrogens is 376 g/mol. The molecule has 4 rings (SSSR count). The number of likely N-dealkylation sites (tertiary alicyclic amines) is 1. The van der Waals surface area contributed by atoms with Crippen LogP contribution in [0.15, 0.2) is 60.9 Å². The Morgan fingerprint density at radius 2 is 2.03 bits per heavy atom. The van der Waals surface area contributed by atoms with Crippen LogP contribution in [0.2, 0.25) is 0 Å². The molecule has 6 heteroatoms. The molecule has 0 bridgehead atoms. The van der Waals surface area contributed by atoms with Crippen LogP contribution in [-0.4, -0.2) is 45.0 Å². The Kier molecular flexibility index (Phi) is 6.42. The van der Waals surface area contributed by atoms with Gasteiger partial charge in [-0.05, 0) is 37.1 Å². The van der Waals surface area contributed by atoms with Crippen LogP contribution >= 0.6 is 0 Å². The molecule has 30 heavy (non-hydrogen) atoms. The summed E-state index contributed by atoms with van der Waals surface area (Å²) in [6.07, 6.45) is 7.05. The van der Waals surface area contributed by atoms with E-state index >= 15 is 0 Å². The van der Waals surface area contributed by atoms with Crippen molar-refractivity contribution in [3.63, 3.8) is 0 Å². The predicted molar refractivity (Wildman–Crippen MR) is 116 cm³/mol. The molecule has 3 heterocycles. The first kappa shape index (κ1) is 20.1. The number of imidazole rings is 1. The van der Waals surface area contributed by atoms with Crippen LogP contribution in [0.25, 0.3) is 5.82 Å². The number of ether oxygens (including phenoxy) is 1. The molecule has 6 nitrogen and oxygen atoms in total. The number of piperidine rings is 1. The van der Waals surface area contributed by atoms with Crippen molar-refractivity contribution >= 4 is 5.91 Å². The lowest BCUT2D eigenvalue weighted by Crippen LogP contribution is -2.39. The van der Waals surface area contributed by atoms with Crippen LogP contribution < -0.4 is 4.74 Å². The van der Waals surface area contributed by atoms with Crippen LogP contribution in [0.4, 0.5) is 0 Å². The van der Waals surface area contributed by atoms with Crippen molar-refractivity contribution < 1.29 is 9.53 Å². The van der Waals surface area contributed by atoms with E-state index in [-0.39, 0.29) is 11.8 Å². The van der Waals surface area contributed by atoms with Crippen molar-refractivity contribution in [2.75, 3.05) is 19.7 Å². The van der Waals surface area contributed by atoms with E-state index in [1.54, 1.807) is 0 Å². The lowest BCUT2D eigenvalue weighted by Gasteiger charge is -2.32. The number of benzene rings is 1. The van der Waals surface area contributed by atoms with Gasteiger partial charge in [-0.1, -0.05) is 31.2 Å². The molecule has 1 saturated heterocycles. The van der Waals surface area contributed by atoms with E-state index < -0.39 is 0 Å². The molecule has 1 atom stereocenters. The van der Waals surface area contributed by atoms with Crippen LogP contribution in [0.1, 0.15) is 43.6 Å². The third kappa shape index (κ3) is 4.70. The standard InChI is InChI=1S/C24H28N4O2/c1-2-22-25-14-16-28(22)23-12-6-11-21(26-23)19-8-7-15-27(18-19)24(29)13-17-30-20-9-4-3-5-10-20/h3-6,9-12,14,16,19H,2,7-8,13,15,17-18H2,1H3/t19-/m1/s1. The Hall–Kier alpha value is -3.15. The number of hydrogen-bond acceptors (Lipinski definition) is 4. The van der Waals surface area contributed by atoms with Gasteiger partial charge >= 0.3 is 0 Å². The van der Waals surface area contributed by atoms with E-state index in [1.165, 1.54) is 0 Å².